The van der Waals surface area contributed by atoms with E-state index in [2.05, 4.69) is 31.2 Å². The molecule has 0 aliphatic rings. The van der Waals surface area contributed by atoms with Gasteiger partial charge in [0.05, 0.1) is 0 Å². The van der Waals surface area contributed by atoms with Crippen molar-refractivity contribution in [2.75, 3.05) is 0 Å². The van der Waals surface area contributed by atoms with Gasteiger partial charge in [0.2, 0.25) is 0 Å². The summed E-state index contributed by atoms with van der Waals surface area (Å²) in [6.45, 7) is 2.23. The van der Waals surface area contributed by atoms with Crippen molar-refractivity contribution in [3.8, 4) is 16.9 Å². The lowest BCUT2D eigenvalue weighted by Gasteiger charge is -2.10. The van der Waals surface area contributed by atoms with Crippen molar-refractivity contribution in [1.29, 1.82) is 0 Å². The van der Waals surface area contributed by atoms with E-state index in [1.54, 1.807) is 6.07 Å². The third-order valence-corrected chi connectivity index (χ3v) is 3.47. The molecule has 0 bridgehead atoms. The molecule has 0 aliphatic carbocycles. The SMILES string of the molecule is CCCCCCc1cc(O)ccc1-c1ccccc1. The van der Waals surface area contributed by atoms with Crippen LogP contribution in [0.2, 0.25) is 0 Å². The number of aromatic hydroxyl groups is 1. The molecule has 0 radical (unpaired) electrons. The summed E-state index contributed by atoms with van der Waals surface area (Å²) in [5, 5.41) is 9.69. The highest BCUT2D eigenvalue weighted by Gasteiger charge is 2.06. The normalized spacial score (nSPS) is 10.6. The number of phenolic OH excluding ortho intramolecular Hbond substituents is 1. The number of benzene rings is 2. The monoisotopic (exact) mass is 254 g/mol. The molecule has 0 aliphatic heterocycles. The fourth-order valence-electron chi connectivity index (χ4n) is 2.43. The fraction of sp³-hybridized carbons (Fsp3) is 0.333. The number of phenols is 1. The number of unbranched alkanes of at least 4 members (excludes halogenated alkanes) is 3. The zero-order valence-electron chi connectivity index (χ0n) is 11.6. The zero-order chi connectivity index (χ0) is 13.5. The molecule has 1 heteroatoms. The Kier molecular flexibility index (Phi) is 5.02. The topological polar surface area (TPSA) is 20.2 Å². The number of aryl methyl sites for hydroxylation is 1. The van der Waals surface area contributed by atoms with Crippen LogP contribution in [0.25, 0.3) is 11.1 Å². The second-order valence-electron chi connectivity index (χ2n) is 5.02. The van der Waals surface area contributed by atoms with E-state index in [1.165, 1.54) is 42.4 Å². The summed E-state index contributed by atoms with van der Waals surface area (Å²) in [4.78, 5) is 0. The molecule has 2 aromatic carbocycles. The van der Waals surface area contributed by atoms with Crippen molar-refractivity contribution in [1.82, 2.24) is 0 Å². The van der Waals surface area contributed by atoms with Crippen LogP contribution in [0.1, 0.15) is 38.2 Å². The first-order chi connectivity index (χ1) is 9.31. The minimum Gasteiger partial charge on any atom is -0.508 e. The van der Waals surface area contributed by atoms with Crippen LogP contribution >= 0.6 is 0 Å². The lowest BCUT2D eigenvalue weighted by atomic mass is 9.95. The zero-order valence-corrected chi connectivity index (χ0v) is 11.6. The van der Waals surface area contributed by atoms with E-state index in [4.69, 9.17) is 0 Å². The van der Waals surface area contributed by atoms with Crippen molar-refractivity contribution < 1.29 is 5.11 Å². The van der Waals surface area contributed by atoms with Gasteiger partial charge in [0.25, 0.3) is 0 Å². The Balaban J connectivity index is 2.18. The molecular weight excluding hydrogens is 232 g/mol. The second kappa shape index (κ2) is 6.98. The van der Waals surface area contributed by atoms with Gasteiger partial charge in [-0.15, -0.1) is 0 Å². The summed E-state index contributed by atoms with van der Waals surface area (Å²) in [7, 11) is 0. The standard InChI is InChI=1S/C18H22O/c1-2-3-4-6-11-16-14-17(19)12-13-18(16)15-9-7-5-8-10-15/h5,7-10,12-14,19H,2-4,6,11H2,1H3. The smallest absolute Gasteiger partial charge is 0.115 e. The van der Waals surface area contributed by atoms with Crippen LogP contribution in [0.15, 0.2) is 48.5 Å². The van der Waals surface area contributed by atoms with Gasteiger partial charge in [-0.25, -0.2) is 0 Å². The molecule has 0 atom stereocenters. The summed E-state index contributed by atoms with van der Waals surface area (Å²) in [6.07, 6.45) is 6.04. The summed E-state index contributed by atoms with van der Waals surface area (Å²) in [5.41, 5.74) is 3.73. The molecule has 0 saturated heterocycles. The Bertz CT molecular complexity index is 502. The summed E-state index contributed by atoms with van der Waals surface area (Å²) < 4.78 is 0. The molecular formula is C18H22O. The van der Waals surface area contributed by atoms with E-state index in [-0.39, 0.29) is 0 Å². The van der Waals surface area contributed by atoms with E-state index in [1.807, 2.05) is 18.2 Å². The highest BCUT2D eigenvalue weighted by Crippen LogP contribution is 2.28. The molecule has 100 valence electrons. The number of rotatable bonds is 6. The molecule has 0 fully saturated rings. The molecule has 0 aromatic heterocycles. The van der Waals surface area contributed by atoms with Crippen LogP contribution in [0, 0.1) is 0 Å². The van der Waals surface area contributed by atoms with E-state index >= 15 is 0 Å². The first kappa shape index (κ1) is 13.7. The minimum absolute atomic E-state index is 0.366. The van der Waals surface area contributed by atoms with Gasteiger partial charge in [-0.3, -0.25) is 0 Å². The molecule has 0 saturated carbocycles. The lowest BCUT2D eigenvalue weighted by Crippen LogP contribution is -1.91. The number of hydrogen-bond acceptors (Lipinski definition) is 1. The van der Waals surface area contributed by atoms with Crippen molar-refractivity contribution in [2.24, 2.45) is 0 Å². The van der Waals surface area contributed by atoms with Gasteiger partial charge in [-0.2, -0.15) is 0 Å². The van der Waals surface area contributed by atoms with Gasteiger partial charge < -0.3 is 5.11 Å². The Morgan fingerprint density at radius 3 is 2.42 bits per heavy atom. The molecule has 1 N–H and O–H groups in total. The van der Waals surface area contributed by atoms with E-state index in [0.717, 1.165) is 6.42 Å². The summed E-state index contributed by atoms with van der Waals surface area (Å²) in [5.74, 6) is 0.366. The first-order valence-corrected chi connectivity index (χ1v) is 7.18. The maximum atomic E-state index is 9.69. The molecule has 0 spiro atoms. The van der Waals surface area contributed by atoms with Gasteiger partial charge in [-0.1, -0.05) is 62.6 Å². The maximum absolute atomic E-state index is 9.69. The summed E-state index contributed by atoms with van der Waals surface area (Å²) in [6, 6.07) is 16.1. The Morgan fingerprint density at radius 2 is 1.68 bits per heavy atom. The van der Waals surface area contributed by atoms with Gasteiger partial charge in [-0.05, 0) is 41.7 Å². The average Bonchev–Trinajstić information content (AvgIpc) is 2.45. The molecule has 2 aromatic rings. The molecule has 0 unspecified atom stereocenters. The van der Waals surface area contributed by atoms with Crippen molar-refractivity contribution >= 4 is 0 Å². The molecule has 19 heavy (non-hydrogen) atoms. The van der Waals surface area contributed by atoms with Crippen molar-refractivity contribution in [2.45, 2.75) is 39.0 Å². The van der Waals surface area contributed by atoms with Crippen LogP contribution in [0.3, 0.4) is 0 Å². The van der Waals surface area contributed by atoms with Crippen LogP contribution in [-0.2, 0) is 6.42 Å². The van der Waals surface area contributed by atoms with Crippen molar-refractivity contribution in [3.05, 3.63) is 54.1 Å². The highest BCUT2D eigenvalue weighted by molar-refractivity contribution is 5.68. The molecule has 0 heterocycles. The van der Waals surface area contributed by atoms with Gasteiger partial charge >= 0.3 is 0 Å². The Hall–Kier alpha value is -1.76. The van der Waals surface area contributed by atoms with Gasteiger partial charge in [0.15, 0.2) is 0 Å². The minimum atomic E-state index is 0.366. The molecule has 0 amide bonds. The van der Waals surface area contributed by atoms with E-state index < -0.39 is 0 Å². The predicted molar refractivity (Wildman–Crippen MR) is 81.4 cm³/mol. The van der Waals surface area contributed by atoms with Gasteiger partial charge in [0, 0.05) is 0 Å². The van der Waals surface area contributed by atoms with E-state index in [9.17, 15) is 5.11 Å². The fourth-order valence-corrected chi connectivity index (χ4v) is 2.43. The van der Waals surface area contributed by atoms with Crippen LogP contribution in [-0.4, -0.2) is 5.11 Å². The Morgan fingerprint density at radius 1 is 0.895 bits per heavy atom. The summed E-state index contributed by atoms with van der Waals surface area (Å²) >= 11 is 0. The molecule has 1 nitrogen and oxygen atoms in total. The second-order valence-corrected chi connectivity index (χ2v) is 5.02. The quantitative estimate of drug-likeness (QED) is 0.704. The maximum Gasteiger partial charge on any atom is 0.115 e. The lowest BCUT2D eigenvalue weighted by molar-refractivity contribution is 0.474. The Labute approximate surface area is 115 Å². The van der Waals surface area contributed by atoms with Crippen LogP contribution < -0.4 is 0 Å². The van der Waals surface area contributed by atoms with Crippen molar-refractivity contribution in [3.63, 3.8) is 0 Å². The number of hydrogen-bond donors (Lipinski definition) is 1. The predicted octanol–water partition coefficient (Wildman–Crippen LogP) is 5.18. The highest BCUT2D eigenvalue weighted by atomic mass is 16.3. The third kappa shape index (κ3) is 3.85. The largest absolute Gasteiger partial charge is 0.508 e. The molecule has 2 rings (SSSR count). The van der Waals surface area contributed by atoms with Crippen LogP contribution in [0.4, 0.5) is 0 Å². The average molecular weight is 254 g/mol. The first-order valence-electron chi connectivity index (χ1n) is 7.18. The van der Waals surface area contributed by atoms with Gasteiger partial charge in [0.1, 0.15) is 5.75 Å². The van der Waals surface area contributed by atoms with E-state index in [0.29, 0.717) is 5.75 Å². The van der Waals surface area contributed by atoms with Crippen LogP contribution in [0.5, 0.6) is 5.75 Å². The third-order valence-electron chi connectivity index (χ3n) is 3.47.